The molecule has 110 valence electrons. The number of hydrogen-bond acceptors (Lipinski definition) is 7. The van der Waals surface area contributed by atoms with Gasteiger partial charge in [0.05, 0.1) is 11.5 Å². The van der Waals surface area contributed by atoms with Crippen molar-refractivity contribution in [3.8, 4) is 0 Å². The molecule has 9 heteroatoms. The minimum atomic E-state index is -3.06. The molecule has 1 atom stereocenters. The fourth-order valence-electron chi connectivity index (χ4n) is 1.89. The van der Waals surface area contributed by atoms with Crippen LogP contribution in [0.5, 0.6) is 0 Å². The number of ketones is 1. The SMILES string of the molecule is CC(=O)c1csc(NC(=O)CC2CS(=O)(=O)CCN2)n1. The number of rotatable bonds is 4. The molecule has 0 radical (unpaired) electrons. The predicted octanol–water partition coefficient (Wildman–Crippen LogP) is 0.0609. The van der Waals surface area contributed by atoms with Crippen molar-refractivity contribution >= 4 is 38.0 Å². The molecular weight excluding hydrogens is 302 g/mol. The Hall–Kier alpha value is -1.32. The Balaban J connectivity index is 1.90. The average molecular weight is 317 g/mol. The third-order valence-corrected chi connectivity index (χ3v) is 5.34. The van der Waals surface area contributed by atoms with E-state index in [4.69, 9.17) is 0 Å². The van der Waals surface area contributed by atoms with E-state index < -0.39 is 9.84 Å². The summed E-state index contributed by atoms with van der Waals surface area (Å²) in [5.41, 5.74) is 0.309. The zero-order chi connectivity index (χ0) is 14.8. The van der Waals surface area contributed by atoms with Gasteiger partial charge in [-0.25, -0.2) is 13.4 Å². The standard InChI is InChI=1S/C11H15N3O4S2/c1-7(15)9-5-19-11(13-9)14-10(16)4-8-6-20(17,18)3-2-12-8/h5,8,12H,2-4,6H2,1H3,(H,13,14,16). The van der Waals surface area contributed by atoms with Crippen molar-refractivity contribution in [1.29, 1.82) is 0 Å². The highest BCUT2D eigenvalue weighted by atomic mass is 32.2. The van der Waals surface area contributed by atoms with Gasteiger partial charge in [0.1, 0.15) is 5.69 Å². The second-order valence-corrected chi connectivity index (χ2v) is 7.70. The van der Waals surface area contributed by atoms with Crippen LogP contribution in [0.2, 0.25) is 0 Å². The van der Waals surface area contributed by atoms with Gasteiger partial charge < -0.3 is 10.6 Å². The molecule has 7 nitrogen and oxygen atoms in total. The zero-order valence-corrected chi connectivity index (χ0v) is 12.5. The van der Waals surface area contributed by atoms with Gasteiger partial charge in [-0.2, -0.15) is 0 Å². The Labute approximate surface area is 120 Å². The Bertz CT molecular complexity index is 623. The number of hydrogen-bond donors (Lipinski definition) is 2. The number of carbonyl (C=O) groups excluding carboxylic acids is 2. The lowest BCUT2D eigenvalue weighted by atomic mass is 10.2. The van der Waals surface area contributed by atoms with Gasteiger partial charge in [-0.15, -0.1) is 11.3 Å². The number of amides is 1. The third kappa shape index (κ3) is 4.09. The van der Waals surface area contributed by atoms with Crippen molar-refractivity contribution in [3.63, 3.8) is 0 Å². The van der Waals surface area contributed by atoms with Crippen LogP contribution in [0.3, 0.4) is 0 Å². The first-order valence-electron chi connectivity index (χ1n) is 6.06. The molecule has 2 N–H and O–H groups in total. The van der Waals surface area contributed by atoms with Crippen molar-refractivity contribution in [2.75, 3.05) is 23.4 Å². The maximum atomic E-state index is 11.8. The third-order valence-electron chi connectivity index (χ3n) is 2.84. The van der Waals surface area contributed by atoms with E-state index in [9.17, 15) is 18.0 Å². The van der Waals surface area contributed by atoms with Crippen LogP contribution in [0.4, 0.5) is 5.13 Å². The lowest BCUT2D eigenvalue weighted by molar-refractivity contribution is -0.116. The summed E-state index contributed by atoms with van der Waals surface area (Å²) in [6.45, 7) is 1.77. The molecule has 0 aromatic carbocycles. The van der Waals surface area contributed by atoms with Crippen molar-refractivity contribution < 1.29 is 18.0 Å². The number of Topliss-reactive ketones (excluding diaryl/α,β-unsaturated/α-hetero) is 1. The molecule has 1 amide bonds. The molecule has 0 spiro atoms. The molecule has 1 aliphatic heterocycles. The van der Waals surface area contributed by atoms with E-state index >= 15 is 0 Å². The smallest absolute Gasteiger partial charge is 0.227 e. The van der Waals surface area contributed by atoms with Gasteiger partial charge in [-0.3, -0.25) is 9.59 Å². The summed E-state index contributed by atoms with van der Waals surface area (Å²) in [6, 6.07) is -0.374. The molecule has 2 heterocycles. The lowest BCUT2D eigenvalue weighted by Gasteiger charge is -2.22. The molecule has 1 aromatic heterocycles. The van der Waals surface area contributed by atoms with Crippen molar-refractivity contribution in [3.05, 3.63) is 11.1 Å². The Kier molecular flexibility index (Phi) is 4.51. The molecule has 1 aliphatic rings. The van der Waals surface area contributed by atoms with Crippen molar-refractivity contribution in [1.82, 2.24) is 10.3 Å². The minimum absolute atomic E-state index is 0.0308. The van der Waals surface area contributed by atoms with E-state index in [1.54, 1.807) is 5.38 Å². The van der Waals surface area contributed by atoms with Gasteiger partial charge >= 0.3 is 0 Å². The normalized spacial score (nSPS) is 21.4. The first-order valence-corrected chi connectivity index (χ1v) is 8.76. The van der Waals surface area contributed by atoms with Crippen LogP contribution in [0.25, 0.3) is 0 Å². The van der Waals surface area contributed by atoms with Crippen LogP contribution >= 0.6 is 11.3 Å². The van der Waals surface area contributed by atoms with Crippen LogP contribution < -0.4 is 10.6 Å². The molecule has 1 fully saturated rings. The molecule has 20 heavy (non-hydrogen) atoms. The van der Waals surface area contributed by atoms with Crippen LogP contribution in [0, 0.1) is 0 Å². The summed E-state index contributed by atoms with van der Waals surface area (Å²) in [5, 5.41) is 7.49. The molecule has 0 saturated carbocycles. The topological polar surface area (TPSA) is 105 Å². The highest BCUT2D eigenvalue weighted by Gasteiger charge is 2.26. The van der Waals surface area contributed by atoms with Crippen LogP contribution in [-0.4, -0.2) is 49.2 Å². The first kappa shape index (κ1) is 15.1. The molecule has 0 bridgehead atoms. The molecule has 2 rings (SSSR count). The number of nitrogens with zero attached hydrogens (tertiary/aromatic N) is 1. The predicted molar refractivity (Wildman–Crippen MR) is 75.8 cm³/mol. The zero-order valence-electron chi connectivity index (χ0n) is 10.9. The number of nitrogens with one attached hydrogen (secondary N) is 2. The summed E-state index contributed by atoms with van der Waals surface area (Å²) in [5.74, 6) is -0.401. The molecular formula is C11H15N3O4S2. The highest BCUT2D eigenvalue weighted by Crippen LogP contribution is 2.16. The fraction of sp³-hybridized carbons (Fsp3) is 0.545. The van der Waals surface area contributed by atoms with Gasteiger partial charge in [0, 0.05) is 31.3 Å². The maximum Gasteiger partial charge on any atom is 0.227 e. The lowest BCUT2D eigenvalue weighted by Crippen LogP contribution is -2.46. The number of sulfone groups is 1. The summed E-state index contributed by atoms with van der Waals surface area (Å²) >= 11 is 1.17. The van der Waals surface area contributed by atoms with E-state index in [1.807, 2.05) is 0 Å². The quantitative estimate of drug-likeness (QED) is 0.761. The number of thiazole rings is 1. The van der Waals surface area contributed by atoms with Gasteiger partial charge in [0.2, 0.25) is 5.91 Å². The van der Waals surface area contributed by atoms with Crippen LogP contribution in [0.15, 0.2) is 5.38 Å². The first-order chi connectivity index (χ1) is 9.35. The van der Waals surface area contributed by atoms with Crippen LogP contribution in [0.1, 0.15) is 23.8 Å². The second kappa shape index (κ2) is 5.98. The highest BCUT2D eigenvalue weighted by molar-refractivity contribution is 7.91. The van der Waals surface area contributed by atoms with E-state index in [-0.39, 0.29) is 35.7 Å². The van der Waals surface area contributed by atoms with Gasteiger partial charge in [-0.05, 0) is 0 Å². The largest absolute Gasteiger partial charge is 0.311 e. The number of aromatic nitrogens is 1. The van der Waals surface area contributed by atoms with E-state index in [1.165, 1.54) is 18.3 Å². The van der Waals surface area contributed by atoms with E-state index in [0.717, 1.165) is 0 Å². The van der Waals surface area contributed by atoms with E-state index in [2.05, 4.69) is 15.6 Å². The minimum Gasteiger partial charge on any atom is -0.311 e. The number of anilines is 1. The Morgan fingerprint density at radius 1 is 1.55 bits per heavy atom. The maximum absolute atomic E-state index is 11.8. The molecule has 1 aromatic rings. The average Bonchev–Trinajstić information content (AvgIpc) is 2.75. The molecule has 0 aliphatic carbocycles. The molecule has 1 unspecified atom stereocenters. The fourth-order valence-corrected chi connectivity index (χ4v) is 4.10. The van der Waals surface area contributed by atoms with Crippen molar-refractivity contribution in [2.24, 2.45) is 0 Å². The van der Waals surface area contributed by atoms with Gasteiger partial charge in [0.25, 0.3) is 0 Å². The molecule has 1 saturated heterocycles. The summed E-state index contributed by atoms with van der Waals surface area (Å²) in [6.07, 6.45) is 0.0637. The Morgan fingerprint density at radius 2 is 2.30 bits per heavy atom. The van der Waals surface area contributed by atoms with Gasteiger partial charge in [0.15, 0.2) is 20.8 Å². The second-order valence-electron chi connectivity index (χ2n) is 4.61. The monoisotopic (exact) mass is 317 g/mol. The van der Waals surface area contributed by atoms with Gasteiger partial charge in [-0.1, -0.05) is 0 Å². The Morgan fingerprint density at radius 3 is 2.90 bits per heavy atom. The number of carbonyl (C=O) groups is 2. The van der Waals surface area contributed by atoms with Crippen molar-refractivity contribution in [2.45, 2.75) is 19.4 Å². The van der Waals surface area contributed by atoms with E-state index in [0.29, 0.717) is 17.4 Å². The summed E-state index contributed by atoms with van der Waals surface area (Å²) in [7, 11) is -3.06. The summed E-state index contributed by atoms with van der Waals surface area (Å²) < 4.78 is 22.9. The van der Waals surface area contributed by atoms with Crippen LogP contribution in [-0.2, 0) is 14.6 Å². The summed E-state index contributed by atoms with van der Waals surface area (Å²) in [4.78, 5) is 26.9.